The van der Waals surface area contributed by atoms with Crippen molar-refractivity contribution < 1.29 is 0 Å². The van der Waals surface area contributed by atoms with E-state index in [1.54, 1.807) is 0 Å². The summed E-state index contributed by atoms with van der Waals surface area (Å²) in [7, 11) is 4.04. The SMILES string of the molecule is CN(C)CCn1ccc(CN=[N+]=[N-])n1. The second kappa shape index (κ2) is 5.26. The predicted molar refractivity (Wildman–Crippen MR) is 53.6 cm³/mol. The second-order valence-corrected chi connectivity index (χ2v) is 3.26. The van der Waals surface area contributed by atoms with Gasteiger partial charge in [-0.2, -0.15) is 5.10 Å². The van der Waals surface area contributed by atoms with Crippen molar-refractivity contribution in [2.75, 3.05) is 20.6 Å². The van der Waals surface area contributed by atoms with Crippen LogP contribution in [-0.2, 0) is 13.1 Å². The largest absolute Gasteiger partial charge is 0.308 e. The Morgan fingerprint density at radius 3 is 3.07 bits per heavy atom. The van der Waals surface area contributed by atoms with E-state index in [0.29, 0.717) is 6.54 Å². The molecule has 0 atom stereocenters. The number of likely N-dealkylation sites (N-methyl/N-ethyl adjacent to an activating group) is 1. The first kappa shape index (κ1) is 10.6. The van der Waals surface area contributed by atoms with Crippen molar-refractivity contribution in [3.8, 4) is 0 Å². The topological polar surface area (TPSA) is 69.8 Å². The maximum Gasteiger partial charge on any atom is 0.0702 e. The molecule has 0 radical (unpaired) electrons. The Morgan fingerprint density at radius 2 is 2.43 bits per heavy atom. The molecule has 0 spiro atoms. The Morgan fingerprint density at radius 1 is 1.64 bits per heavy atom. The van der Waals surface area contributed by atoms with Gasteiger partial charge in [-0.1, -0.05) is 5.11 Å². The van der Waals surface area contributed by atoms with Gasteiger partial charge in [-0.3, -0.25) is 4.68 Å². The van der Waals surface area contributed by atoms with E-state index in [2.05, 4.69) is 20.0 Å². The summed E-state index contributed by atoms with van der Waals surface area (Å²) in [6, 6.07) is 1.87. The zero-order valence-electron chi connectivity index (χ0n) is 8.46. The monoisotopic (exact) mass is 194 g/mol. The highest BCUT2D eigenvalue weighted by Crippen LogP contribution is 1.98. The molecule has 0 aromatic carbocycles. The van der Waals surface area contributed by atoms with Crippen molar-refractivity contribution in [2.45, 2.75) is 13.1 Å². The van der Waals surface area contributed by atoms with Gasteiger partial charge in [-0.15, -0.1) is 0 Å². The van der Waals surface area contributed by atoms with Crippen molar-refractivity contribution in [3.05, 3.63) is 28.4 Å². The molecule has 1 heterocycles. The van der Waals surface area contributed by atoms with Crippen molar-refractivity contribution >= 4 is 0 Å². The van der Waals surface area contributed by atoms with Crippen LogP contribution in [0.4, 0.5) is 0 Å². The quantitative estimate of drug-likeness (QED) is 0.402. The molecule has 0 N–H and O–H groups in total. The first-order valence-electron chi connectivity index (χ1n) is 4.40. The van der Waals surface area contributed by atoms with Gasteiger partial charge in [0.1, 0.15) is 0 Å². The van der Waals surface area contributed by atoms with E-state index in [4.69, 9.17) is 5.53 Å². The minimum atomic E-state index is 0.325. The van der Waals surface area contributed by atoms with E-state index in [1.807, 2.05) is 31.0 Å². The van der Waals surface area contributed by atoms with Crippen molar-refractivity contribution in [1.82, 2.24) is 14.7 Å². The molecule has 1 aromatic rings. The van der Waals surface area contributed by atoms with Gasteiger partial charge in [0.25, 0.3) is 0 Å². The van der Waals surface area contributed by atoms with E-state index < -0.39 is 0 Å². The summed E-state index contributed by atoms with van der Waals surface area (Å²) in [6.45, 7) is 2.12. The van der Waals surface area contributed by atoms with Crippen LogP contribution in [0.3, 0.4) is 0 Å². The van der Waals surface area contributed by atoms with Crippen LogP contribution in [0.25, 0.3) is 10.4 Å². The maximum atomic E-state index is 8.13. The number of azide groups is 1. The average Bonchev–Trinajstić information content (AvgIpc) is 2.59. The third kappa shape index (κ3) is 3.47. The average molecular weight is 194 g/mol. The third-order valence-corrected chi connectivity index (χ3v) is 1.77. The lowest BCUT2D eigenvalue weighted by atomic mass is 10.4. The van der Waals surface area contributed by atoms with Crippen LogP contribution in [-0.4, -0.2) is 35.3 Å². The summed E-state index contributed by atoms with van der Waals surface area (Å²) < 4.78 is 1.85. The summed E-state index contributed by atoms with van der Waals surface area (Å²) in [5, 5.41) is 7.69. The molecule has 0 aliphatic carbocycles. The number of rotatable bonds is 5. The predicted octanol–water partition coefficient (Wildman–Crippen LogP) is 1.25. The van der Waals surface area contributed by atoms with Gasteiger partial charge in [0.05, 0.1) is 18.8 Å². The van der Waals surface area contributed by atoms with Crippen molar-refractivity contribution in [1.29, 1.82) is 0 Å². The minimum Gasteiger partial charge on any atom is -0.308 e. The molecule has 0 saturated heterocycles. The van der Waals surface area contributed by atoms with Crippen LogP contribution >= 0.6 is 0 Å². The fourth-order valence-corrected chi connectivity index (χ4v) is 1.02. The Balaban J connectivity index is 2.46. The smallest absolute Gasteiger partial charge is 0.0702 e. The van der Waals surface area contributed by atoms with Crippen LogP contribution in [0, 0.1) is 0 Å². The maximum absolute atomic E-state index is 8.13. The molecule has 6 nitrogen and oxygen atoms in total. The standard InChI is InChI=1S/C8H14N6/c1-13(2)5-6-14-4-3-8(11-14)7-10-12-9/h3-4H,5-7H2,1-2H3. The van der Waals surface area contributed by atoms with E-state index in [1.165, 1.54) is 0 Å². The Hall–Kier alpha value is -1.52. The van der Waals surface area contributed by atoms with Crippen LogP contribution in [0.2, 0.25) is 0 Å². The summed E-state index contributed by atoms with van der Waals surface area (Å²) in [6.07, 6.45) is 1.89. The Labute approximate surface area is 82.8 Å². The Kier molecular flexibility index (Phi) is 3.97. The van der Waals surface area contributed by atoms with Gasteiger partial charge >= 0.3 is 0 Å². The lowest BCUT2D eigenvalue weighted by Crippen LogP contribution is -2.18. The summed E-state index contributed by atoms with van der Waals surface area (Å²) in [4.78, 5) is 4.77. The molecular formula is C8H14N6. The Bertz CT molecular complexity index is 322. The molecule has 0 bridgehead atoms. The normalized spacial score (nSPS) is 10.2. The highest BCUT2D eigenvalue weighted by Gasteiger charge is 1.97. The molecule has 0 fully saturated rings. The summed E-state index contributed by atoms with van der Waals surface area (Å²) in [5.41, 5.74) is 8.93. The molecule has 1 rings (SSSR count). The van der Waals surface area contributed by atoms with Gasteiger partial charge in [0.2, 0.25) is 0 Å². The van der Waals surface area contributed by atoms with Gasteiger partial charge < -0.3 is 4.90 Å². The first-order valence-corrected chi connectivity index (χ1v) is 4.40. The lowest BCUT2D eigenvalue weighted by Gasteiger charge is -2.08. The first-order chi connectivity index (χ1) is 6.72. The number of nitrogens with zero attached hydrogens (tertiary/aromatic N) is 6. The molecule has 0 unspecified atom stereocenters. The van der Waals surface area contributed by atoms with E-state index in [0.717, 1.165) is 18.8 Å². The molecule has 0 aliphatic heterocycles. The second-order valence-electron chi connectivity index (χ2n) is 3.26. The molecule has 76 valence electrons. The van der Waals surface area contributed by atoms with Crippen LogP contribution in [0.15, 0.2) is 17.4 Å². The molecule has 0 aliphatic rings. The fourth-order valence-electron chi connectivity index (χ4n) is 1.02. The molecule has 0 amide bonds. The van der Waals surface area contributed by atoms with Crippen molar-refractivity contribution in [3.63, 3.8) is 0 Å². The van der Waals surface area contributed by atoms with Crippen LogP contribution in [0.5, 0.6) is 0 Å². The molecular weight excluding hydrogens is 180 g/mol. The summed E-state index contributed by atoms with van der Waals surface area (Å²) in [5.74, 6) is 0. The molecule has 1 aromatic heterocycles. The molecule has 0 saturated carbocycles. The van der Waals surface area contributed by atoms with Crippen molar-refractivity contribution in [2.24, 2.45) is 5.11 Å². The number of hydrogen-bond donors (Lipinski definition) is 0. The fraction of sp³-hybridized carbons (Fsp3) is 0.625. The van der Waals surface area contributed by atoms with Gasteiger partial charge in [-0.25, -0.2) is 0 Å². The highest BCUT2D eigenvalue weighted by atomic mass is 15.3. The van der Waals surface area contributed by atoms with E-state index in [-0.39, 0.29) is 0 Å². The minimum absolute atomic E-state index is 0.325. The highest BCUT2D eigenvalue weighted by molar-refractivity contribution is 4.98. The van der Waals surface area contributed by atoms with Crippen LogP contribution in [0.1, 0.15) is 5.69 Å². The van der Waals surface area contributed by atoms with E-state index in [9.17, 15) is 0 Å². The van der Waals surface area contributed by atoms with Gasteiger partial charge in [-0.05, 0) is 25.7 Å². The number of hydrogen-bond acceptors (Lipinski definition) is 3. The number of aromatic nitrogens is 2. The van der Waals surface area contributed by atoms with Gasteiger partial charge in [0.15, 0.2) is 0 Å². The lowest BCUT2D eigenvalue weighted by molar-refractivity contribution is 0.372. The van der Waals surface area contributed by atoms with Crippen LogP contribution < -0.4 is 0 Å². The third-order valence-electron chi connectivity index (χ3n) is 1.77. The molecule has 14 heavy (non-hydrogen) atoms. The summed E-state index contributed by atoms with van der Waals surface area (Å²) >= 11 is 0. The zero-order valence-corrected chi connectivity index (χ0v) is 8.46. The van der Waals surface area contributed by atoms with E-state index >= 15 is 0 Å². The zero-order chi connectivity index (χ0) is 10.4. The molecule has 6 heteroatoms. The van der Waals surface area contributed by atoms with Gasteiger partial charge in [0, 0.05) is 17.7 Å².